The van der Waals surface area contributed by atoms with Gasteiger partial charge >= 0.3 is 6.80 Å². The van der Waals surface area contributed by atoms with Gasteiger partial charge in [0.1, 0.15) is 29.7 Å². The van der Waals surface area contributed by atoms with E-state index in [0.29, 0.717) is 11.4 Å². The number of thiol groups is 1. The molecule has 0 bridgehead atoms. The topological polar surface area (TPSA) is 213 Å². The highest BCUT2D eigenvalue weighted by Gasteiger charge is 2.58. The van der Waals surface area contributed by atoms with Crippen molar-refractivity contribution in [2.75, 3.05) is 25.2 Å². The number of hydrogen-bond donors (Lipinski definition) is 3. The normalized spacial score (nSPS) is 38.0. The number of anilines is 1. The number of ether oxygens (including phenoxy) is 2. The zero-order chi connectivity index (χ0) is 31.0. The van der Waals surface area contributed by atoms with Crippen LogP contribution < -0.4 is 11.3 Å². The lowest BCUT2D eigenvalue weighted by Gasteiger charge is -2.25. The summed E-state index contributed by atoms with van der Waals surface area (Å²) in [7, 11) is 0. The molecular formula is C21H23F2N9O8P2S2. The fourth-order valence-corrected chi connectivity index (χ4v) is 10.3. The predicted molar refractivity (Wildman–Crippen MR) is 154 cm³/mol. The molecule has 3 aliphatic rings. The number of hydrogen-bond acceptors (Lipinski definition) is 15. The van der Waals surface area contributed by atoms with Gasteiger partial charge in [0.2, 0.25) is 0 Å². The Morgan fingerprint density at radius 3 is 2.39 bits per heavy atom. The van der Waals surface area contributed by atoms with E-state index >= 15 is 8.78 Å². The first-order valence-corrected chi connectivity index (χ1v) is 19.1. The molecule has 3 N–H and O–H groups in total. The lowest BCUT2D eigenvalue weighted by Crippen LogP contribution is -2.34. The summed E-state index contributed by atoms with van der Waals surface area (Å²) in [5.74, 6) is 0.0591. The third-order valence-electron chi connectivity index (χ3n) is 7.53. The maximum Gasteiger partial charge on any atom is 0.389 e. The molecule has 44 heavy (non-hydrogen) atoms. The number of nitrogens with zero attached hydrogens (tertiary/aromatic N) is 7. The second-order valence-corrected chi connectivity index (χ2v) is 17.8. The van der Waals surface area contributed by atoms with E-state index in [1.165, 1.54) is 28.0 Å². The number of nitrogens with two attached hydrogens (primary N) is 1. The van der Waals surface area contributed by atoms with E-state index in [1.807, 2.05) is 0 Å². The van der Waals surface area contributed by atoms with E-state index in [4.69, 9.17) is 28.8 Å². The number of fused-ring (bicyclic) bond motifs is 4. The van der Waals surface area contributed by atoms with Crippen LogP contribution in [0.5, 0.6) is 0 Å². The van der Waals surface area contributed by atoms with E-state index in [2.05, 4.69) is 42.2 Å². The molecule has 17 nitrogen and oxygen atoms in total. The molecule has 3 aliphatic heterocycles. The molecule has 7 heterocycles. The number of nitrogens with one attached hydrogen (secondary N) is 1. The van der Waals surface area contributed by atoms with Crippen molar-refractivity contribution in [1.82, 2.24) is 39.0 Å². The van der Waals surface area contributed by atoms with Crippen LogP contribution in [-0.2, 0) is 32.2 Å². The van der Waals surface area contributed by atoms with Crippen LogP contribution in [0.25, 0.3) is 22.3 Å². The Hall–Kier alpha value is -2.48. The van der Waals surface area contributed by atoms with Gasteiger partial charge in [0.05, 0.1) is 38.3 Å². The molecule has 0 saturated carbocycles. The molecule has 0 radical (unpaired) electrons. The average Bonchev–Trinajstić information content (AvgIpc) is 3.76. The third-order valence-corrected chi connectivity index (χ3v) is 13.9. The van der Waals surface area contributed by atoms with E-state index in [9.17, 15) is 13.9 Å². The summed E-state index contributed by atoms with van der Waals surface area (Å²) in [6.07, 6.45) is -4.98. The van der Waals surface area contributed by atoms with Crippen LogP contribution in [-0.4, -0.2) is 94.8 Å². The molecule has 0 spiro atoms. The average molecular weight is 694 g/mol. The fourth-order valence-electron chi connectivity index (χ4n) is 5.45. The Morgan fingerprint density at radius 2 is 1.64 bits per heavy atom. The first kappa shape index (κ1) is 30.2. The maximum atomic E-state index is 16.2. The molecule has 0 aliphatic carbocycles. The van der Waals surface area contributed by atoms with Crippen molar-refractivity contribution in [3.63, 3.8) is 0 Å². The molecule has 0 aromatic carbocycles. The number of aromatic nitrogens is 8. The van der Waals surface area contributed by atoms with Gasteiger partial charge < -0.3 is 24.7 Å². The Kier molecular flexibility index (Phi) is 7.61. The second-order valence-electron chi connectivity index (χ2n) is 10.0. The Labute approximate surface area is 254 Å². The summed E-state index contributed by atoms with van der Waals surface area (Å²) in [5, 5.41) is 0. The quantitative estimate of drug-likeness (QED) is 0.208. The Balaban J connectivity index is 1.21. The molecule has 4 aromatic heterocycles. The van der Waals surface area contributed by atoms with Crippen molar-refractivity contribution in [2.45, 2.75) is 48.8 Å². The van der Waals surface area contributed by atoms with E-state index in [0.717, 1.165) is 12.7 Å². The molecule has 10 atom stereocenters. The number of nitrogen functional groups attached to an aromatic ring is 1. The molecule has 3 saturated heterocycles. The van der Waals surface area contributed by atoms with Gasteiger partial charge in [-0.05, 0) is 17.6 Å². The Morgan fingerprint density at radius 1 is 0.977 bits per heavy atom. The monoisotopic (exact) mass is 693 g/mol. The second kappa shape index (κ2) is 11.1. The van der Waals surface area contributed by atoms with Crippen molar-refractivity contribution >= 4 is 65.1 Å². The van der Waals surface area contributed by atoms with Crippen LogP contribution in [0.1, 0.15) is 12.5 Å². The molecule has 0 amide bonds. The standard InChI is InChI=1S/C21H23F2N9O8P2S2/c1-44-42(35)37-3-9-15(11(23)21(39-9)31-6-29-12-16(24)25-4-26-17(12)31)41(34,43)36-2-8-14(40-42)10(22)20(38-8)32-7-30-13-18(32)27-5-28-19(13)33/h4-11,14-15,20-21H,2-3H2,1H3,(H,34,43)(H2,24,25,26)(H,27,28,33)/t8-,9-,10-,11-,14-,15-,20-,21-,41?,42?/m1/s1. The smallest absolute Gasteiger partial charge is 0.382 e. The first-order valence-electron chi connectivity index (χ1n) is 12.9. The number of H-pyrrole nitrogens is 1. The van der Waals surface area contributed by atoms with Gasteiger partial charge in [-0.25, -0.2) is 38.3 Å². The van der Waals surface area contributed by atoms with Crippen LogP contribution in [0.4, 0.5) is 14.6 Å². The molecule has 23 heteroatoms. The van der Waals surface area contributed by atoms with Crippen LogP contribution in [0, 0.1) is 0 Å². The van der Waals surface area contributed by atoms with E-state index in [-0.39, 0.29) is 28.1 Å². The number of halogens is 2. The number of aromatic amines is 1. The van der Waals surface area contributed by atoms with Crippen molar-refractivity contribution in [3.05, 3.63) is 35.7 Å². The molecule has 4 aromatic rings. The largest absolute Gasteiger partial charge is 0.389 e. The van der Waals surface area contributed by atoms with Gasteiger partial charge in [-0.3, -0.25) is 27.5 Å². The number of alkyl halides is 2. The van der Waals surface area contributed by atoms with Crippen LogP contribution in [0.3, 0.4) is 0 Å². The van der Waals surface area contributed by atoms with Crippen molar-refractivity contribution < 1.29 is 41.0 Å². The highest BCUT2D eigenvalue weighted by Crippen LogP contribution is 2.66. The van der Waals surface area contributed by atoms with Crippen LogP contribution in [0.15, 0.2) is 30.1 Å². The maximum absolute atomic E-state index is 16.2. The predicted octanol–water partition coefficient (Wildman–Crippen LogP) is 2.41. The van der Waals surface area contributed by atoms with Crippen LogP contribution >= 0.6 is 37.0 Å². The van der Waals surface area contributed by atoms with Gasteiger partial charge in [-0.15, -0.1) is 0 Å². The van der Waals surface area contributed by atoms with Gasteiger partial charge in [0.15, 0.2) is 47.4 Å². The zero-order valence-corrected chi connectivity index (χ0v) is 25.8. The summed E-state index contributed by atoms with van der Waals surface area (Å²) in [6, 6.07) is 0. The molecule has 7 rings (SSSR count). The van der Waals surface area contributed by atoms with E-state index < -0.39 is 80.9 Å². The van der Waals surface area contributed by atoms with E-state index in [1.54, 1.807) is 0 Å². The van der Waals surface area contributed by atoms with Crippen molar-refractivity contribution in [2.24, 2.45) is 0 Å². The number of rotatable bonds is 3. The first-order chi connectivity index (χ1) is 21.0. The summed E-state index contributed by atoms with van der Waals surface area (Å²) in [5.41, 5.74) is 4.07. The summed E-state index contributed by atoms with van der Waals surface area (Å²) < 4.78 is 91.2. The van der Waals surface area contributed by atoms with Crippen LogP contribution in [0.2, 0.25) is 0 Å². The minimum Gasteiger partial charge on any atom is -0.382 e. The fraction of sp³-hybridized carbons (Fsp3) is 0.524. The highest BCUT2D eigenvalue weighted by molar-refractivity contribution is 8.54. The molecule has 3 fully saturated rings. The Bertz CT molecular complexity index is 1900. The van der Waals surface area contributed by atoms with Gasteiger partial charge in [-0.1, -0.05) is 12.2 Å². The minimum atomic E-state index is -4.25. The molecule has 2 unspecified atom stereocenters. The van der Waals surface area contributed by atoms with Crippen molar-refractivity contribution in [1.29, 1.82) is 0 Å². The zero-order valence-electron chi connectivity index (χ0n) is 22.3. The lowest BCUT2D eigenvalue weighted by molar-refractivity contribution is -0.0402. The van der Waals surface area contributed by atoms with Gasteiger partial charge in [-0.2, -0.15) is 0 Å². The van der Waals surface area contributed by atoms with Crippen molar-refractivity contribution in [3.8, 4) is 0 Å². The van der Waals surface area contributed by atoms with Gasteiger partial charge in [0, 0.05) is 0 Å². The summed E-state index contributed by atoms with van der Waals surface area (Å²) in [4.78, 5) is 34.6. The summed E-state index contributed by atoms with van der Waals surface area (Å²) >= 11 is 4.91. The molecular weight excluding hydrogens is 670 g/mol. The highest BCUT2D eigenvalue weighted by atomic mass is 32.7. The SMILES string of the molecule is CSP1(=O)OC[C@H]2O[C@@H](n3cnc4c(N)ncnc43)[C@H](F)[C@@H]2P(=O)(S)OC[C@H]2O[C@@H](n3cnc4c(=O)[nH]cnc43)[C@H](F)[C@@H]2O1. The van der Waals surface area contributed by atoms with Gasteiger partial charge in [0.25, 0.3) is 12.1 Å². The lowest BCUT2D eigenvalue weighted by atomic mass is 10.1. The molecule has 236 valence electrons. The third kappa shape index (κ3) is 4.89. The summed E-state index contributed by atoms with van der Waals surface area (Å²) in [6.45, 7) is -9.58. The number of imidazole rings is 2. The minimum absolute atomic E-state index is 0.0170.